The Morgan fingerprint density at radius 3 is 2.67 bits per heavy atom. The average molecular weight is 333 g/mol. The lowest BCUT2D eigenvalue weighted by Crippen LogP contribution is -2.34. The van der Waals surface area contributed by atoms with Crippen LogP contribution in [0.25, 0.3) is 6.08 Å². The van der Waals surface area contributed by atoms with Gasteiger partial charge in [0.05, 0.1) is 24.6 Å². The lowest BCUT2D eigenvalue weighted by Gasteiger charge is -2.21. The average Bonchev–Trinajstić information content (AvgIpc) is 2.64. The molecule has 4 N–H and O–H groups in total. The first kappa shape index (κ1) is 17.9. The molecule has 0 unspecified atom stereocenters. The maximum Gasteiger partial charge on any atom is 0.267 e. The fraction of sp³-hybridized carbons (Fsp3) is 0.500. The van der Waals surface area contributed by atoms with Crippen LogP contribution in [0.4, 0.5) is 5.82 Å². The van der Waals surface area contributed by atoms with Gasteiger partial charge in [0.1, 0.15) is 5.82 Å². The molecule has 0 aromatic carbocycles. The number of amides is 2. The van der Waals surface area contributed by atoms with Gasteiger partial charge in [0.25, 0.3) is 5.91 Å². The first-order valence-electron chi connectivity index (χ1n) is 8.12. The van der Waals surface area contributed by atoms with E-state index in [9.17, 15) is 9.59 Å². The molecule has 0 aliphatic heterocycles. The summed E-state index contributed by atoms with van der Waals surface area (Å²) in [6, 6.07) is 0. The Balaban J connectivity index is 1.70. The Bertz CT molecular complexity index is 568. The molecule has 8 heteroatoms. The molecule has 1 saturated carbocycles. The minimum absolute atomic E-state index is 0.0639. The van der Waals surface area contributed by atoms with Crippen molar-refractivity contribution in [1.29, 1.82) is 0 Å². The normalized spacial score (nSPS) is 15.2. The van der Waals surface area contributed by atoms with E-state index in [1.165, 1.54) is 56.1 Å². The van der Waals surface area contributed by atoms with E-state index in [-0.39, 0.29) is 12.5 Å². The molecule has 2 amide bonds. The van der Waals surface area contributed by atoms with Crippen molar-refractivity contribution in [3.8, 4) is 0 Å². The molecule has 0 spiro atoms. The van der Waals surface area contributed by atoms with Gasteiger partial charge in [0, 0.05) is 12.6 Å². The Labute approximate surface area is 140 Å². The van der Waals surface area contributed by atoms with Crippen LogP contribution in [0.2, 0.25) is 0 Å². The van der Waals surface area contributed by atoms with Crippen molar-refractivity contribution in [3.05, 3.63) is 24.2 Å². The number of carbonyl (C=O) groups is 2. The van der Waals surface area contributed by atoms with Crippen LogP contribution in [0.5, 0.6) is 0 Å². The quantitative estimate of drug-likeness (QED) is 0.337. The van der Waals surface area contributed by atoms with Crippen molar-refractivity contribution in [1.82, 2.24) is 20.8 Å². The zero-order valence-electron chi connectivity index (χ0n) is 13.5. The number of aromatic nitrogens is 2. The minimum atomic E-state index is -0.645. The number of rotatable bonds is 7. The van der Waals surface area contributed by atoms with E-state index in [1.54, 1.807) is 0 Å². The van der Waals surface area contributed by atoms with Crippen molar-refractivity contribution in [2.75, 3.05) is 18.4 Å². The van der Waals surface area contributed by atoms with Gasteiger partial charge in [-0.1, -0.05) is 19.3 Å². The van der Waals surface area contributed by atoms with Crippen molar-refractivity contribution in [3.63, 3.8) is 0 Å². The third-order valence-electron chi connectivity index (χ3n) is 3.93. The number of anilines is 1. The Hall–Kier alpha value is -2.48. The number of carbonyl (C=O) groups excluding carboxylic acids is 2. The van der Waals surface area contributed by atoms with E-state index in [0.29, 0.717) is 17.4 Å². The van der Waals surface area contributed by atoms with Gasteiger partial charge in [-0.2, -0.15) is 0 Å². The van der Waals surface area contributed by atoms with Crippen molar-refractivity contribution >= 4 is 23.7 Å². The van der Waals surface area contributed by atoms with Crippen LogP contribution in [0.15, 0.2) is 18.5 Å². The molecule has 1 aromatic rings. The van der Waals surface area contributed by atoms with Gasteiger partial charge in [-0.05, 0) is 24.8 Å². The molecule has 0 atom stereocenters. The summed E-state index contributed by atoms with van der Waals surface area (Å²) in [5.41, 5.74) is 1.95. The molecule has 0 radical (unpaired) electrons. The monoisotopic (exact) mass is 333 g/mol. The second-order valence-corrected chi connectivity index (χ2v) is 5.80. The maximum absolute atomic E-state index is 11.8. The molecule has 8 nitrogen and oxygen atoms in total. The molecule has 1 heterocycles. The van der Waals surface area contributed by atoms with E-state index in [2.05, 4.69) is 20.6 Å². The molecule has 1 fully saturated rings. The molecule has 130 valence electrons. The predicted octanol–water partition coefficient (Wildman–Crippen LogP) is 1.10. The maximum atomic E-state index is 11.8. The summed E-state index contributed by atoms with van der Waals surface area (Å²) in [5, 5.41) is 14.2. The molecular formula is C16H23N5O3. The summed E-state index contributed by atoms with van der Waals surface area (Å²) in [4.78, 5) is 30.9. The molecule has 24 heavy (non-hydrogen) atoms. The summed E-state index contributed by atoms with van der Waals surface area (Å²) < 4.78 is 0. The fourth-order valence-corrected chi connectivity index (χ4v) is 2.60. The molecular weight excluding hydrogens is 310 g/mol. The van der Waals surface area contributed by atoms with Gasteiger partial charge in [-0.15, -0.1) is 0 Å². The highest BCUT2D eigenvalue weighted by molar-refractivity contribution is 5.90. The highest BCUT2D eigenvalue weighted by Gasteiger charge is 2.14. The molecule has 1 aliphatic rings. The second-order valence-electron chi connectivity index (χ2n) is 5.80. The number of nitrogens with zero attached hydrogens (tertiary/aromatic N) is 2. The smallest absolute Gasteiger partial charge is 0.267 e. The van der Waals surface area contributed by atoms with Crippen molar-refractivity contribution in [2.24, 2.45) is 5.92 Å². The highest BCUT2D eigenvalue weighted by atomic mass is 16.5. The van der Waals surface area contributed by atoms with Gasteiger partial charge in [0.2, 0.25) is 5.91 Å². The predicted molar refractivity (Wildman–Crippen MR) is 89.1 cm³/mol. The van der Waals surface area contributed by atoms with Crippen LogP contribution in [0.3, 0.4) is 0 Å². The molecule has 1 aliphatic carbocycles. The Morgan fingerprint density at radius 2 is 2.00 bits per heavy atom. The van der Waals surface area contributed by atoms with Crippen LogP contribution >= 0.6 is 0 Å². The minimum Gasteiger partial charge on any atom is -0.360 e. The molecule has 2 rings (SSSR count). The topological polar surface area (TPSA) is 116 Å². The Morgan fingerprint density at radius 1 is 1.21 bits per heavy atom. The first-order chi connectivity index (χ1) is 11.7. The van der Waals surface area contributed by atoms with Gasteiger partial charge in [-0.3, -0.25) is 19.8 Å². The number of hydroxylamine groups is 1. The van der Waals surface area contributed by atoms with Crippen LogP contribution in [0.1, 0.15) is 37.8 Å². The van der Waals surface area contributed by atoms with Gasteiger partial charge < -0.3 is 10.6 Å². The van der Waals surface area contributed by atoms with Crippen molar-refractivity contribution < 1.29 is 14.8 Å². The third-order valence-corrected chi connectivity index (χ3v) is 3.93. The van der Waals surface area contributed by atoms with E-state index < -0.39 is 5.91 Å². The van der Waals surface area contributed by atoms with Crippen LogP contribution in [-0.2, 0) is 9.59 Å². The van der Waals surface area contributed by atoms with Gasteiger partial charge in [0.15, 0.2) is 0 Å². The molecule has 0 bridgehead atoms. The largest absolute Gasteiger partial charge is 0.360 e. The van der Waals surface area contributed by atoms with Crippen LogP contribution in [0, 0.1) is 5.92 Å². The van der Waals surface area contributed by atoms with E-state index >= 15 is 0 Å². The van der Waals surface area contributed by atoms with Gasteiger partial charge in [-0.25, -0.2) is 10.5 Å². The standard InChI is InChI=1S/C16H23N5O3/c22-15(21-24)7-6-13-9-18-14(10-17-13)19-11-16(23)20-8-12-4-2-1-3-5-12/h6-7,9-10,12,24H,1-5,8,11H2,(H,18,19)(H,20,23)(H,21,22)/b7-6+. The lowest BCUT2D eigenvalue weighted by atomic mass is 9.89. The first-order valence-corrected chi connectivity index (χ1v) is 8.12. The summed E-state index contributed by atoms with van der Waals surface area (Å²) in [6.45, 7) is 0.881. The Kier molecular flexibility index (Phi) is 7.16. The zero-order chi connectivity index (χ0) is 17.2. The summed E-state index contributed by atoms with van der Waals surface area (Å²) in [7, 11) is 0. The summed E-state index contributed by atoms with van der Waals surface area (Å²) >= 11 is 0. The SMILES string of the molecule is O=C(/C=C/c1cnc(NCC(=O)NCC2CCCCC2)cn1)NO. The fourth-order valence-electron chi connectivity index (χ4n) is 2.60. The third kappa shape index (κ3) is 6.33. The van der Waals surface area contributed by atoms with E-state index in [0.717, 1.165) is 12.6 Å². The van der Waals surface area contributed by atoms with Crippen LogP contribution < -0.4 is 16.1 Å². The summed E-state index contributed by atoms with van der Waals surface area (Å²) in [5.74, 6) is 0.371. The molecule has 1 aromatic heterocycles. The van der Waals surface area contributed by atoms with E-state index in [4.69, 9.17) is 5.21 Å². The van der Waals surface area contributed by atoms with Gasteiger partial charge >= 0.3 is 0 Å². The lowest BCUT2D eigenvalue weighted by molar-refractivity contribution is -0.124. The highest BCUT2D eigenvalue weighted by Crippen LogP contribution is 2.22. The number of hydrogen-bond donors (Lipinski definition) is 4. The van der Waals surface area contributed by atoms with Crippen molar-refractivity contribution in [2.45, 2.75) is 32.1 Å². The molecule has 0 saturated heterocycles. The number of hydrogen-bond acceptors (Lipinski definition) is 6. The zero-order valence-corrected chi connectivity index (χ0v) is 13.5. The second kappa shape index (κ2) is 9.61. The number of nitrogens with one attached hydrogen (secondary N) is 3. The summed E-state index contributed by atoms with van der Waals surface area (Å²) in [6.07, 6.45) is 11.7. The van der Waals surface area contributed by atoms with E-state index in [1.807, 2.05) is 0 Å². The van der Waals surface area contributed by atoms with Crippen LogP contribution in [-0.4, -0.2) is 40.1 Å².